The summed E-state index contributed by atoms with van der Waals surface area (Å²) in [6.07, 6.45) is 3.07. The molecule has 0 aliphatic rings. The first-order valence-corrected chi connectivity index (χ1v) is 12.7. The quantitative estimate of drug-likeness (QED) is 0.261. The van der Waals surface area contributed by atoms with Crippen LogP contribution in [0.4, 0.5) is 5.82 Å². The molecule has 3 heterocycles. The molecule has 0 fully saturated rings. The average Bonchev–Trinajstić information content (AvgIpc) is 3.07. The zero-order chi connectivity index (χ0) is 23.6. The fraction of sp³-hybridized carbons (Fsp3) is 0.583. The van der Waals surface area contributed by atoms with Gasteiger partial charge in [0.25, 0.3) is 5.88 Å². The number of hydrogen-bond donors (Lipinski definition) is 1. The van der Waals surface area contributed by atoms with Crippen molar-refractivity contribution in [1.29, 1.82) is 0 Å². The molecular weight excluding hydrogens is 515 g/mol. The van der Waals surface area contributed by atoms with Crippen molar-refractivity contribution in [3.05, 3.63) is 23.0 Å². The van der Waals surface area contributed by atoms with E-state index in [0.717, 1.165) is 58.6 Å². The third-order valence-corrected chi connectivity index (χ3v) is 7.03. The minimum absolute atomic E-state index is 0.333. The molecule has 0 bridgehead atoms. The number of anilines is 1. The molecule has 0 saturated heterocycles. The van der Waals surface area contributed by atoms with Crippen LogP contribution < -0.4 is 10.1 Å². The lowest BCUT2D eigenvalue weighted by Gasteiger charge is -2.19. The second kappa shape index (κ2) is 10.3. The maximum Gasteiger partial charge on any atom is 0.257 e. The van der Waals surface area contributed by atoms with E-state index in [4.69, 9.17) is 24.8 Å². The van der Waals surface area contributed by atoms with E-state index < -0.39 is 0 Å². The minimum atomic E-state index is 0.333. The molecule has 1 N–H and O–H groups in total. The number of halogens is 1. The van der Waals surface area contributed by atoms with Crippen molar-refractivity contribution in [2.45, 2.75) is 76.7 Å². The van der Waals surface area contributed by atoms with Crippen molar-refractivity contribution in [3.8, 4) is 17.3 Å². The Labute approximate surface area is 204 Å². The van der Waals surface area contributed by atoms with E-state index in [0.29, 0.717) is 27.6 Å². The summed E-state index contributed by atoms with van der Waals surface area (Å²) in [4.78, 5) is 14.7. The van der Waals surface area contributed by atoms with Crippen molar-refractivity contribution >= 4 is 39.4 Å². The molecular formula is C24H35IN6O. The number of pyridine rings is 1. The number of methoxy groups -OCH3 is 1. The van der Waals surface area contributed by atoms with Crippen LogP contribution in [0.3, 0.4) is 0 Å². The largest absolute Gasteiger partial charge is 0.478 e. The van der Waals surface area contributed by atoms with E-state index in [9.17, 15) is 0 Å². The summed E-state index contributed by atoms with van der Waals surface area (Å²) in [7, 11) is 3.60. The number of aryl methyl sites for hydroxylation is 3. The van der Waals surface area contributed by atoms with Crippen molar-refractivity contribution in [2.24, 2.45) is 7.05 Å². The predicted molar refractivity (Wildman–Crippen MR) is 140 cm³/mol. The maximum absolute atomic E-state index is 5.60. The van der Waals surface area contributed by atoms with Gasteiger partial charge in [0.15, 0.2) is 11.5 Å². The van der Waals surface area contributed by atoms with Crippen LogP contribution in [-0.4, -0.2) is 41.8 Å². The van der Waals surface area contributed by atoms with Gasteiger partial charge >= 0.3 is 0 Å². The number of fused-ring (bicyclic) bond motifs is 1. The Balaban J connectivity index is 2.14. The minimum Gasteiger partial charge on any atom is -0.478 e. The number of aromatic nitrogens is 5. The second-order valence-corrected chi connectivity index (χ2v) is 10.4. The smallest absolute Gasteiger partial charge is 0.257 e. The first-order chi connectivity index (χ1) is 15.2. The Morgan fingerprint density at radius 1 is 1.06 bits per heavy atom. The van der Waals surface area contributed by atoms with Gasteiger partial charge in [0.2, 0.25) is 0 Å². The van der Waals surface area contributed by atoms with E-state index >= 15 is 0 Å². The van der Waals surface area contributed by atoms with Crippen molar-refractivity contribution in [2.75, 3.05) is 12.4 Å². The summed E-state index contributed by atoms with van der Waals surface area (Å²) in [6.45, 7) is 12.8. The fourth-order valence-electron chi connectivity index (χ4n) is 4.20. The molecule has 3 aromatic heterocycles. The molecule has 3 aromatic rings. The number of nitrogens with one attached hydrogen (secondary N) is 1. The van der Waals surface area contributed by atoms with Gasteiger partial charge < -0.3 is 10.1 Å². The van der Waals surface area contributed by atoms with Crippen LogP contribution in [0.1, 0.15) is 69.8 Å². The van der Waals surface area contributed by atoms with Gasteiger partial charge in [-0.05, 0) is 44.7 Å². The van der Waals surface area contributed by atoms with Crippen LogP contribution in [-0.2, 0) is 7.05 Å². The molecule has 3 rings (SSSR count). The lowest BCUT2D eigenvalue weighted by molar-refractivity contribution is 0.397. The van der Waals surface area contributed by atoms with E-state index in [2.05, 4.69) is 68.6 Å². The monoisotopic (exact) mass is 550 g/mol. The molecule has 0 spiro atoms. The highest BCUT2D eigenvalue weighted by Gasteiger charge is 2.24. The number of hydrogen-bond acceptors (Lipinski definition) is 6. The van der Waals surface area contributed by atoms with E-state index in [1.54, 1.807) is 7.11 Å². The Morgan fingerprint density at radius 2 is 1.75 bits per heavy atom. The molecule has 0 radical (unpaired) electrons. The lowest BCUT2D eigenvalue weighted by Crippen LogP contribution is -2.19. The Bertz CT molecular complexity index is 1090. The Morgan fingerprint density at radius 3 is 2.31 bits per heavy atom. The van der Waals surface area contributed by atoms with Gasteiger partial charge in [-0.15, -0.1) is 0 Å². The van der Waals surface area contributed by atoms with Crippen molar-refractivity contribution < 1.29 is 4.74 Å². The summed E-state index contributed by atoms with van der Waals surface area (Å²) in [5.41, 5.74) is 5.44. The average molecular weight is 550 g/mol. The fourth-order valence-corrected chi connectivity index (χ4v) is 5.05. The van der Waals surface area contributed by atoms with Gasteiger partial charge in [-0.2, -0.15) is 5.10 Å². The number of ether oxygens (including phenoxy) is 1. The number of nitrogens with zero attached hydrogens (tertiary/aromatic N) is 5. The number of alkyl halides is 1. The highest BCUT2D eigenvalue weighted by molar-refractivity contribution is 14.1. The molecule has 2 atom stereocenters. The van der Waals surface area contributed by atoms with Crippen LogP contribution >= 0.6 is 22.6 Å². The summed E-state index contributed by atoms with van der Waals surface area (Å²) in [6, 6.07) is 2.53. The zero-order valence-electron chi connectivity index (χ0n) is 20.5. The standard InChI is InChI=1S/C24H35IN6O/c1-9-16(10-2)27-22-24(32-8)29-20(15(6)26-22)19-13(4)12-18-21(17(11-3)14(5)25)30-31(7)23(18)28-19/h12,14,16-17H,9-11H2,1-8H3,(H,26,27). The molecule has 0 amide bonds. The molecule has 0 aromatic carbocycles. The van der Waals surface area contributed by atoms with Crippen molar-refractivity contribution in [1.82, 2.24) is 24.7 Å². The molecule has 32 heavy (non-hydrogen) atoms. The summed E-state index contributed by atoms with van der Waals surface area (Å²) in [5, 5.41) is 9.45. The van der Waals surface area contributed by atoms with Gasteiger partial charge in [-0.1, -0.05) is 50.3 Å². The molecule has 0 saturated carbocycles. The van der Waals surface area contributed by atoms with Gasteiger partial charge in [0.05, 0.1) is 24.2 Å². The first-order valence-electron chi connectivity index (χ1n) is 11.4. The second-order valence-electron chi connectivity index (χ2n) is 8.40. The van der Waals surface area contributed by atoms with Gasteiger partial charge in [-0.25, -0.2) is 15.0 Å². The van der Waals surface area contributed by atoms with E-state index in [1.165, 1.54) is 0 Å². The van der Waals surface area contributed by atoms with Crippen LogP contribution in [0.5, 0.6) is 5.88 Å². The normalized spacial score (nSPS) is 13.6. The predicted octanol–water partition coefficient (Wildman–Crippen LogP) is 5.97. The molecule has 8 heteroatoms. The van der Waals surface area contributed by atoms with Crippen LogP contribution in [0.2, 0.25) is 0 Å². The van der Waals surface area contributed by atoms with Gasteiger partial charge in [0.1, 0.15) is 5.69 Å². The zero-order valence-corrected chi connectivity index (χ0v) is 22.6. The van der Waals surface area contributed by atoms with Crippen LogP contribution in [0, 0.1) is 13.8 Å². The third-order valence-electron chi connectivity index (χ3n) is 6.16. The van der Waals surface area contributed by atoms with Gasteiger partial charge in [-0.3, -0.25) is 4.68 Å². The highest BCUT2D eigenvalue weighted by atomic mass is 127. The van der Waals surface area contributed by atoms with E-state index in [1.807, 2.05) is 18.7 Å². The maximum atomic E-state index is 5.60. The molecule has 0 aliphatic heterocycles. The molecule has 2 unspecified atom stereocenters. The Hall–Kier alpha value is -1.97. The third kappa shape index (κ3) is 4.70. The summed E-state index contributed by atoms with van der Waals surface area (Å²) < 4.78 is 7.97. The van der Waals surface area contributed by atoms with Crippen LogP contribution in [0.15, 0.2) is 6.07 Å². The van der Waals surface area contributed by atoms with E-state index in [-0.39, 0.29) is 0 Å². The molecule has 7 nitrogen and oxygen atoms in total. The Kier molecular flexibility index (Phi) is 7.95. The number of rotatable bonds is 9. The summed E-state index contributed by atoms with van der Waals surface area (Å²) >= 11 is 2.50. The van der Waals surface area contributed by atoms with Crippen LogP contribution in [0.25, 0.3) is 22.4 Å². The lowest BCUT2D eigenvalue weighted by atomic mass is 9.96. The topological polar surface area (TPSA) is 77.8 Å². The first kappa shape index (κ1) is 24.7. The SMILES string of the molecule is CCC(CC)Nc1nc(C)c(-c2nc3c(cc2C)c(C(CC)C(C)I)nn3C)nc1OC. The molecule has 174 valence electrons. The van der Waals surface area contributed by atoms with Gasteiger partial charge in [0, 0.05) is 28.3 Å². The summed E-state index contributed by atoms with van der Waals surface area (Å²) in [5.74, 6) is 1.57. The molecule has 0 aliphatic carbocycles. The van der Waals surface area contributed by atoms with Crippen molar-refractivity contribution in [3.63, 3.8) is 0 Å². The highest BCUT2D eigenvalue weighted by Crippen LogP contribution is 2.35.